The summed E-state index contributed by atoms with van der Waals surface area (Å²) in [5, 5.41) is 33.8. The molecule has 140 valence electrons. The summed E-state index contributed by atoms with van der Waals surface area (Å²) in [6.45, 7) is 4.36. The second-order valence-electron chi connectivity index (χ2n) is 5.01. The predicted molar refractivity (Wildman–Crippen MR) is 98.6 cm³/mol. The van der Waals surface area contributed by atoms with E-state index in [0.29, 0.717) is 11.5 Å². The molecule has 0 aromatic carbocycles. The van der Waals surface area contributed by atoms with Crippen molar-refractivity contribution in [3.63, 3.8) is 0 Å². The van der Waals surface area contributed by atoms with E-state index < -0.39 is 11.9 Å². The molecule has 0 atom stereocenters. The monoisotopic (exact) mass is 372 g/mol. The minimum atomic E-state index is -0.787. The maximum atomic E-state index is 9.55. The first-order valence-corrected chi connectivity index (χ1v) is 8.92. The van der Waals surface area contributed by atoms with E-state index in [4.69, 9.17) is 20.4 Å². The van der Waals surface area contributed by atoms with Gasteiger partial charge in [0.25, 0.3) is 0 Å². The van der Waals surface area contributed by atoms with Gasteiger partial charge < -0.3 is 20.4 Å². The molecule has 0 heterocycles. The normalized spacial score (nSPS) is 10.0. The van der Waals surface area contributed by atoms with Crippen molar-refractivity contribution in [2.75, 3.05) is 24.7 Å². The molecule has 0 rings (SSSR count). The molecule has 0 bridgehead atoms. The molecule has 0 aromatic rings. The highest BCUT2D eigenvalue weighted by Gasteiger charge is 2.25. The fourth-order valence-electron chi connectivity index (χ4n) is 1.35. The van der Waals surface area contributed by atoms with E-state index in [1.165, 1.54) is 0 Å². The maximum absolute atomic E-state index is 9.55. The zero-order valence-electron chi connectivity index (χ0n) is 14.1. The van der Waals surface area contributed by atoms with E-state index in [1.807, 2.05) is 6.92 Å². The SMILES string of the molecule is CCCCC(CC)(CO)CO.O=C(O)CCS.O=C(O)CCS. The summed E-state index contributed by atoms with van der Waals surface area (Å²) in [4.78, 5) is 19.1. The fourth-order valence-corrected chi connectivity index (χ4v) is 1.73. The number of hydrogen-bond acceptors (Lipinski definition) is 6. The number of aliphatic hydroxyl groups is 2. The molecule has 0 fully saturated rings. The Labute approximate surface area is 150 Å². The van der Waals surface area contributed by atoms with E-state index in [1.54, 1.807) is 0 Å². The lowest BCUT2D eigenvalue weighted by Crippen LogP contribution is -2.28. The standard InChI is InChI=1S/C9H20O2.2C3H6O2S/c1-3-5-6-9(4-2,7-10)8-11;2*4-3(5)1-2-6/h10-11H,3-8H2,1-2H3;2*6H,1-2H2,(H,4,5). The predicted octanol–water partition coefficient (Wildman–Crippen LogP) is 2.34. The molecule has 0 unspecified atom stereocenters. The summed E-state index contributed by atoms with van der Waals surface area (Å²) in [7, 11) is 0. The highest BCUT2D eigenvalue weighted by Crippen LogP contribution is 2.27. The van der Waals surface area contributed by atoms with Crippen molar-refractivity contribution >= 4 is 37.2 Å². The van der Waals surface area contributed by atoms with Gasteiger partial charge in [0.15, 0.2) is 0 Å². The van der Waals surface area contributed by atoms with Crippen LogP contribution >= 0.6 is 25.3 Å². The number of unbranched alkanes of at least 4 members (excludes halogenated alkanes) is 1. The van der Waals surface area contributed by atoms with Crippen LogP contribution in [0.1, 0.15) is 52.4 Å². The Morgan fingerprint density at radius 1 is 0.913 bits per heavy atom. The number of thiol groups is 2. The highest BCUT2D eigenvalue weighted by atomic mass is 32.1. The van der Waals surface area contributed by atoms with E-state index in [9.17, 15) is 9.59 Å². The van der Waals surface area contributed by atoms with Gasteiger partial charge in [-0.2, -0.15) is 25.3 Å². The number of carbonyl (C=O) groups is 2. The topological polar surface area (TPSA) is 115 Å². The zero-order chi connectivity index (χ0) is 18.7. The number of carboxylic acid groups (broad SMARTS) is 2. The number of rotatable bonds is 10. The van der Waals surface area contributed by atoms with Crippen LogP contribution in [0.4, 0.5) is 0 Å². The summed E-state index contributed by atoms with van der Waals surface area (Å²) in [6.07, 6.45) is 4.33. The Hall–Kier alpha value is -0.440. The lowest BCUT2D eigenvalue weighted by molar-refractivity contribution is -0.137. The van der Waals surface area contributed by atoms with Crippen LogP contribution in [0.3, 0.4) is 0 Å². The van der Waals surface area contributed by atoms with Crippen molar-refractivity contribution in [2.24, 2.45) is 5.41 Å². The molecule has 0 saturated carbocycles. The number of aliphatic carboxylic acids is 2. The quantitative estimate of drug-likeness (QED) is 0.328. The van der Waals surface area contributed by atoms with E-state index in [2.05, 4.69) is 32.2 Å². The summed E-state index contributed by atoms with van der Waals surface area (Å²) in [5.74, 6) is -0.722. The molecule has 4 N–H and O–H groups in total. The first-order valence-electron chi connectivity index (χ1n) is 7.66. The average molecular weight is 373 g/mol. The Balaban J connectivity index is -0.000000284. The lowest BCUT2D eigenvalue weighted by Gasteiger charge is -2.27. The average Bonchev–Trinajstić information content (AvgIpc) is 2.50. The van der Waals surface area contributed by atoms with Crippen LogP contribution in [0.2, 0.25) is 0 Å². The Morgan fingerprint density at radius 2 is 1.30 bits per heavy atom. The summed E-state index contributed by atoms with van der Waals surface area (Å²) >= 11 is 7.36. The molecule has 8 heteroatoms. The largest absolute Gasteiger partial charge is 0.481 e. The van der Waals surface area contributed by atoms with Crippen molar-refractivity contribution in [3.05, 3.63) is 0 Å². The maximum Gasteiger partial charge on any atom is 0.304 e. The van der Waals surface area contributed by atoms with Crippen LogP contribution in [0.5, 0.6) is 0 Å². The second kappa shape index (κ2) is 19.6. The van der Waals surface area contributed by atoms with Crippen LogP contribution in [0, 0.1) is 5.41 Å². The highest BCUT2D eigenvalue weighted by molar-refractivity contribution is 7.80. The molecule has 6 nitrogen and oxygen atoms in total. The molecule has 0 spiro atoms. The minimum absolute atomic E-state index is 0.111. The van der Waals surface area contributed by atoms with Crippen LogP contribution in [0.25, 0.3) is 0 Å². The third-order valence-corrected chi connectivity index (χ3v) is 3.58. The van der Waals surface area contributed by atoms with Crippen LogP contribution < -0.4 is 0 Å². The van der Waals surface area contributed by atoms with Crippen molar-refractivity contribution in [1.82, 2.24) is 0 Å². The van der Waals surface area contributed by atoms with E-state index in [-0.39, 0.29) is 31.5 Å². The number of carboxylic acids is 2. The van der Waals surface area contributed by atoms with Gasteiger partial charge in [-0.3, -0.25) is 9.59 Å². The van der Waals surface area contributed by atoms with Crippen molar-refractivity contribution in [1.29, 1.82) is 0 Å². The molecule has 0 radical (unpaired) electrons. The fraction of sp³-hybridized carbons (Fsp3) is 0.867. The zero-order valence-corrected chi connectivity index (χ0v) is 15.9. The molecule has 0 amide bonds. The molecular formula is C15H32O6S2. The molecule has 0 saturated heterocycles. The minimum Gasteiger partial charge on any atom is -0.481 e. The van der Waals surface area contributed by atoms with Gasteiger partial charge >= 0.3 is 11.9 Å². The molecular weight excluding hydrogens is 340 g/mol. The van der Waals surface area contributed by atoms with Gasteiger partial charge in [-0.25, -0.2) is 0 Å². The molecule has 23 heavy (non-hydrogen) atoms. The van der Waals surface area contributed by atoms with Gasteiger partial charge in [0.05, 0.1) is 26.1 Å². The Bertz CT molecular complexity index is 259. The summed E-state index contributed by atoms with van der Waals surface area (Å²) < 4.78 is 0. The van der Waals surface area contributed by atoms with Gasteiger partial charge in [-0.15, -0.1) is 0 Å². The first-order chi connectivity index (χ1) is 10.8. The van der Waals surface area contributed by atoms with Crippen molar-refractivity contribution < 1.29 is 30.0 Å². The summed E-state index contributed by atoms with van der Waals surface area (Å²) in [5.41, 5.74) is -0.212. The van der Waals surface area contributed by atoms with Crippen LogP contribution in [-0.4, -0.2) is 57.1 Å². The van der Waals surface area contributed by atoms with Gasteiger partial charge in [0, 0.05) is 16.9 Å². The lowest BCUT2D eigenvalue weighted by atomic mass is 9.82. The van der Waals surface area contributed by atoms with Crippen LogP contribution in [-0.2, 0) is 9.59 Å². The number of hydrogen-bond donors (Lipinski definition) is 6. The van der Waals surface area contributed by atoms with Gasteiger partial charge in [-0.1, -0.05) is 26.7 Å². The first kappa shape index (κ1) is 27.4. The molecule has 0 aliphatic rings. The van der Waals surface area contributed by atoms with Crippen LogP contribution in [0.15, 0.2) is 0 Å². The van der Waals surface area contributed by atoms with Crippen molar-refractivity contribution in [2.45, 2.75) is 52.4 Å². The Morgan fingerprint density at radius 3 is 1.43 bits per heavy atom. The third kappa shape index (κ3) is 21.6. The van der Waals surface area contributed by atoms with Gasteiger partial charge in [-0.05, 0) is 12.8 Å². The third-order valence-electron chi connectivity index (χ3n) is 3.13. The molecule has 0 aliphatic carbocycles. The summed E-state index contributed by atoms with van der Waals surface area (Å²) in [6, 6.07) is 0. The molecule has 0 aliphatic heterocycles. The van der Waals surface area contributed by atoms with E-state index >= 15 is 0 Å². The smallest absolute Gasteiger partial charge is 0.304 e. The second-order valence-corrected chi connectivity index (χ2v) is 5.90. The Kier molecular flexibility index (Phi) is 23.4. The van der Waals surface area contributed by atoms with Crippen molar-refractivity contribution in [3.8, 4) is 0 Å². The number of aliphatic hydroxyl groups excluding tert-OH is 2. The molecule has 0 aromatic heterocycles. The van der Waals surface area contributed by atoms with E-state index in [0.717, 1.165) is 25.7 Å². The van der Waals surface area contributed by atoms with Gasteiger partial charge in [0.2, 0.25) is 0 Å². The van der Waals surface area contributed by atoms with Gasteiger partial charge in [0.1, 0.15) is 0 Å².